The molecule has 0 saturated heterocycles. The third-order valence-electron chi connectivity index (χ3n) is 2.98. The minimum absolute atomic E-state index is 0.0852. The Morgan fingerprint density at radius 1 is 1.05 bits per heavy atom. The van der Waals surface area contributed by atoms with Gasteiger partial charge in [-0.15, -0.1) is 0 Å². The van der Waals surface area contributed by atoms with E-state index in [1.807, 2.05) is 0 Å². The highest BCUT2D eigenvalue weighted by molar-refractivity contribution is 7.90. The molecular formula is C16H15NO4S. The maximum absolute atomic E-state index is 12.2. The van der Waals surface area contributed by atoms with Gasteiger partial charge in [-0.1, -0.05) is 42.5 Å². The van der Waals surface area contributed by atoms with Gasteiger partial charge in [0.1, 0.15) is 0 Å². The molecule has 0 heterocycles. The zero-order valence-corrected chi connectivity index (χ0v) is 12.5. The molecule has 22 heavy (non-hydrogen) atoms. The van der Waals surface area contributed by atoms with Crippen LogP contribution >= 0.6 is 0 Å². The van der Waals surface area contributed by atoms with Gasteiger partial charge in [-0.05, 0) is 29.3 Å². The van der Waals surface area contributed by atoms with Crippen LogP contribution in [-0.4, -0.2) is 19.5 Å². The summed E-state index contributed by atoms with van der Waals surface area (Å²) in [6.07, 6.45) is 2.69. The zero-order chi connectivity index (χ0) is 16.0. The van der Waals surface area contributed by atoms with E-state index >= 15 is 0 Å². The van der Waals surface area contributed by atoms with Crippen molar-refractivity contribution < 1.29 is 18.4 Å². The smallest absolute Gasteiger partial charge is 0.267 e. The Hall–Kier alpha value is -2.44. The third-order valence-corrected chi connectivity index (χ3v) is 4.68. The van der Waals surface area contributed by atoms with E-state index in [1.54, 1.807) is 54.6 Å². The first-order valence-electron chi connectivity index (χ1n) is 6.50. The van der Waals surface area contributed by atoms with Crippen molar-refractivity contribution in [3.8, 4) is 0 Å². The molecule has 0 spiro atoms. The average molecular weight is 317 g/mol. The van der Waals surface area contributed by atoms with Crippen LogP contribution in [0.25, 0.3) is 6.08 Å². The Balaban J connectivity index is 2.12. The number of hydroxylamine groups is 1. The van der Waals surface area contributed by atoms with E-state index in [0.29, 0.717) is 10.5 Å². The number of amides is 1. The molecule has 0 bridgehead atoms. The number of rotatable bonds is 5. The molecule has 6 heteroatoms. The van der Waals surface area contributed by atoms with Crippen LogP contribution in [0.2, 0.25) is 0 Å². The van der Waals surface area contributed by atoms with Gasteiger partial charge in [0, 0.05) is 6.08 Å². The van der Waals surface area contributed by atoms with Gasteiger partial charge in [0.05, 0.1) is 10.6 Å². The molecule has 0 saturated carbocycles. The minimum atomic E-state index is -3.37. The number of sulfone groups is 1. The monoisotopic (exact) mass is 317 g/mol. The van der Waals surface area contributed by atoms with Crippen molar-refractivity contribution in [1.82, 2.24) is 5.48 Å². The van der Waals surface area contributed by atoms with Crippen molar-refractivity contribution in [3.05, 3.63) is 71.8 Å². The summed E-state index contributed by atoms with van der Waals surface area (Å²) in [4.78, 5) is 11.2. The minimum Gasteiger partial charge on any atom is -0.288 e. The van der Waals surface area contributed by atoms with E-state index in [9.17, 15) is 13.2 Å². The Bertz CT molecular complexity index is 766. The van der Waals surface area contributed by atoms with Crippen LogP contribution < -0.4 is 5.48 Å². The molecule has 0 fully saturated rings. The van der Waals surface area contributed by atoms with Crippen LogP contribution in [0.15, 0.2) is 65.6 Å². The highest BCUT2D eigenvalue weighted by atomic mass is 32.2. The summed E-state index contributed by atoms with van der Waals surface area (Å²) in [6.45, 7) is 0. The van der Waals surface area contributed by atoms with E-state index in [0.717, 1.165) is 5.56 Å². The highest BCUT2D eigenvalue weighted by Crippen LogP contribution is 2.16. The predicted molar refractivity (Wildman–Crippen MR) is 82.7 cm³/mol. The fourth-order valence-corrected chi connectivity index (χ4v) is 3.23. The molecule has 5 nitrogen and oxygen atoms in total. The summed E-state index contributed by atoms with van der Waals surface area (Å²) in [5.74, 6) is -0.714. The topological polar surface area (TPSA) is 83.5 Å². The first-order valence-corrected chi connectivity index (χ1v) is 8.15. The van der Waals surface area contributed by atoms with Crippen molar-refractivity contribution in [2.45, 2.75) is 10.6 Å². The van der Waals surface area contributed by atoms with Gasteiger partial charge in [-0.3, -0.25) is 10.0 Å². The molecule has 0 unspecified atom stereocenters. The largest absolute Gasteiger partial charge is 0.288 e. The average Bonchev–Trinajstić information content (AvgIpc) is 2.54. The summed E-state index contributed by atoms with van der Waals surface area (Å²) in [5, 5.41) is 8.38. The number of hydrogen-bond donors (Lipinski definition) is 2. The molecule has 2 rings (SSSR count). The summed E-state index contributed by atoms with van der Waals surface area (Å²) in [7, 11) is -3.37. The number of hydrogen-bond acceptors (Lipinski definition) is 4. The molecule has 2 N–H and O–H groups in total. The molecule has 0 aliphatic heterocycles. The molecule has 2 aromatic rings. The molecule has 0 aliphatic carbocycles. The van der Waals surface area contributed by atoms with Crippen LogP contribution in [0.3, 0.4) is 0 Å². The number of nitrogens with one attached hydrogen (secondary N) is 1. The second kappa shape index (κ2) is 7.02. The summed E-state index contributed by atoms with van der Waals surface area (Å²) >= 11 is 0. The Morgan fingerprint density at radius 2 is 1.68 bits per heavy atom. The molecule has 2 aromatic carbocycles. The molecule has 1 amide bonds. The van der Waals surface area contributed by atoms with Crippen molar-refractivity contribution in [3.63, 3.8) is 0 Å². The lowest BCUT2D eigenvalue weighted by Crippen LogP contribution is -2.14. The van der Waals surface area contributed by atoms with Gasteiger partial charge in [0.15, 0.2) is 9.84 Å². The second-order valence-electron chi connectivity index (χ2n) is 4.62. The fourth-order valence-electron chi connectivity index (χ4n) is 1.86. The predicted octanol–water partition coefficient (Wildman–Crippen LogP) is 2.18. The second-order valence-corrected chi connectivity index (χ2v) is 6.61. The Morgan fingerprint density at radius 3 is 2.27 bits per heavy atom. The molecule has 0 aromatic heterocycles. The van der Waals surface area contributed by atoms with Gasteiger partial charge in [-0.25, -0.2) is 13.9 Å². The fraction of sp³-hybridized carbons (Fsp3) is 0.0625. The van der Waals surface area contributed by atoms with Crippen LogP contribution in [0.1, 0.15) is 11.1 Å². The van der Waals surface area contributed by atoms with Crippen molar-refractivity contribution in [2.24, 2.45) is 0 Å². The number of carbonyl (C=O) groups excluding carboxylic acids is 1. The summed E-state index contributed by atoms with van der Waals surface area (Å²) < 4.78 is 24.5. The van der Waals surface area contributed by atoms with Crippen LogP contribution in [0.5, 0.6) is 0 Å². The maximum atomic E-state index is 12.2. The summed E-state index contributed by atoms with van der Waals surface area (Å²) in [5.41, 5.74) is 2.88. The Kier molecular flexibility index (Phi) is 5.08. The molecule has 114 valence electrons. The van der Waals surface area contributed by atoms with Crippen molar-refractivity contribution >= 4 is 21.8 Å². The van der Waals surface area contributed by atoms with Gasteiger partial charge in [0.2, 0.25) is 0 Å². The SMILES string of the molecule is O=C(/C=C/c1ccc(CS(=O)(=O)c2ccccc2)cc1)NO. The quantitative estimate of drug-likeness (QED) is 0.503. The van der Waals surface area contributed by atoms with Gasteiger partial charge in [-0.2, -0.15) is 0 Å². The molecular weight excluding hydrogens is 302 g/mol. The maximum Gasteiger partial charge on any atom is 0.267 e. The van der Waals surface area contributed by atoms with E-state index in [-0.39, 0.29) is 5.75 Å². The van der Waals surface area contributed by atoms with Crippen LogP contribution in [0, 0.1) is 0 Å². The number of benzene rings is 2. The van der Waals surface area contributed by atoms with Crippen molar-refractivity contribution in [1.29, 1.82) is 0 Å². The lowest BCUT2D eigenvalue weighted by molar-refractivity contribution is -0.124. The molecule has 0 aliphatic rings. The molecule has 0 radical (unpaired) electrons. The summed E-state index contributed by atoms with van der Waals surface area (Å²) in [6, 6.07) is 15.1. The third kappa shape index (κ3) is 4.28. The van der Waals surface area contributed by atoms with Crippen molar-refractivity contribution in [2.75, 3.05) is 0 Å². The van der Waals surface area contributed by atoms with E-state index < -0.39 is 15.7 Å². The first-order chi connectivity index (χ1) is 10.5. The molecule has 0 atom stereocenters. The van der Waals surface area contributed by atoms with Gasteiger partial charge < -0.3 is 0 Å². The van der Waals surface area contributed by atoms with E-state index in [2.05, 4.69) is 0 Å². The Labute approximate surface area is 128 Å². The van der Waals surface area contributed by atoms with E-state index in [4.69, 9.17) is 5.21 Å². The van der Waals surface area contributed by atoms with Gasteiger partial charge >= 0.3 is 0 Å². The number of carbonyl (C=O) groups is 1. The standard InChI is InChI=1S/C16H15NO4S/c18-16(17-19)11-10-13-6-8-14(9-7-13)12-22(20,21)15-4-2-1-3-5-15/h1-11,19H,12H2,(H,17,18)/b11-10+. The lowest BCUT2D eigenvalue weighted by Gasteiger charge is -2.05. The highest BCUT2D eigenvalue weighted by Gasteiger charge is 2.14. The normalized spacial score (nSPS) is 11.5. The van der Waals surface area contributed by atoms with Crippen LogP contribution in [0.4, 0.5) is 0 Å². The lowest BCUT2D eigenvalue weighted by atomic mass is 10.1. The van der Waals surface area contributed by atoms with Crippen LogP contribution in [-0.2, 0) is 20.4 Å². The zero-order valence-electron chi connectivity index (χ0n) is 11.6. The first kappa shape index (κ1) is 15.9. The van der Waals surface area contributed by atoms with Gasteiger partial charge in [0.25, 0.3) is 5.91 Å². The van der Waals surface area contributed by atoms with E-state index in [1.165, 1.54) is 17.6 Å².